The van der Waals surface area contributed by atoms with Crippen molar-refractivity contribution < 1.29 is 14.7 Å². The molecule has 104 valence electrons. The summed E-state index contributed by atoms with van der Waals surface area (Å²) in [5, 5.41) is 11.5. The second-order valence-electron chi connectivity index (χ2n) is 4.89. The second kappa shape index (κ2) is 6.89. The first-order valence-electron chi connectivity index (χ1n) is 6.24. The molecule has 1 rings (SSSR count). The third-order valence-electron chi connectivity index (χ3n) is 2.97. The number of amides is 1. The quantitative estimate of drug-likeness (QED) is 0.723. The number of aromatic carboxylic acids is 1. The molecule has 0 fully saturated rings. The summed E-state index contributed by atoms with van der Waals surface area (Å²) in [5.74, 6) is -0.789. The van der Waals surface area contributed by atoms with Crippen LogP contribution in [0.15, 0.2) is 24.3 Å². The molecule has 0 aliphatic carbocycles. The molecule has 0 aliphatic heterocycles. The monoisotopic (exact) mass is 264 g/mol. The molecule has 5 nitrogen and oxygen atoms in total. The van der Waals surface area contributed by atoms with Gasteiger partial charge < -0.3 is 16.2 Å². The number of carboxylic acids is 1. The van der Waals surface area contributed by atoms with E-state index < -0.39 is 5.97 Å². The zero-order valence-corrected chi connectivity index (χ0v) is 11.2. The highest BCUT2D eigenvalue weighted by molar-refractivity contribution is 5.87. The lowest BCUT2D eigenvalue weighted by molar-refractivity contribution is -0.121. The zero-order valence-electron chi connectivity index (χ0n) is 11.2. The van der Waals surface area contributed by atoms with E-state index in [0.29, 0.717) is 13.0 Å². The molecule has 1 aromatic rings. The molecule has 0 heterocycles. The fraction of sp³-hybridized carbons (Fsp3) is 0.429. The zero-order chi connectivity index (χ0) is 14.4. The van der Waals surface area contributed by atoms with Crippen molar-refractivity contribution in [2.24, 2.45) is 11.7 Å². The Labute approximate surface area is 112 Å². The maximum absolute atomic E-state index is 11.6. The van der Waals surface area contributed by atoms with Gasteiger partial charge in [-0.3, -0.25) is 4.79 Å². The van der Waals surface area contributed by atoms with Gasteiger partial charge in [0.1, 0.15) is 0 Å². The summed E-state index contributed by atoms with van der Waals surface area (Å²) in [7, 11) is 0. The minimum Gasteiger partial charge on any atom is -0.478 e. The van der Waals surface area contributed by atoms with Crippen molar-refractivity contribution in [2.75, 3.05) is 0 Å². The van der Waals surface area contributed by atoms with Gasteiger partial charge in [-0.1, -0.05) is 26.0 Å². The minimum absolute atomic E-state index is 0.0940. The Hall–Kier alpha value is -1.88. The lowest BCUT2D eigenvalue weighted by Crippen LogP contribution is -2.34. The lowest BCUT2D eigenvalue weighted by Gasteiger charge is -2.15. The van der Waals surface area contributed by atoms with Gasteiger partial charge in [-0.15, -0.1) is 0 Å². The predicted molar refractivity (Wildman–Crippen MR) is 72.7 cm³/mol. The van der Waals surface area contributed by atoms with Crippen molar-refractivity contribution in [2.45, 2.75) is 32.9 Å². The topological polar surface area (TPSA) is 92.4 Å². The first-order chi connectivity index (χ1) is 8.90. The Morgan fingerprint density at radius 2 is 1.84 bits per heavy atom. The summed E-state index contributed by atoms with van der Waals surface area (Å²) < 4.78 is 0. The summed E-state index contributed by atoms with van der Waals surface area (Å²) in [6, 6.07) is 6.26. The van der Waals surface area contributed by atoms with Crippen molar-refractivity contribution in [3.05, 3.63) is 35.4 Å². The normalized spacial score (nSPS) is 12.2. The summed E-state index contributed by atoms with van der Waals surface area (Å²) in [6.07, 6.45) is 0.297. The molecule has 1 amide bonds. The minimum atomic E-state index is -0.960. The van der Waals surface area contributed by atoms with E-state index in [4.69, 9.17) is 10.8 Å². The molecular weight excluding hydrogens is 244 g/mol. The highest BCUT2D eigenvalue weighted by Gasteiger charge is 2.12. The Morgan fingerprint density at radius 3 is 2.32 bits per heavy atom. The van der Waals surface area contributed by atoms with Crippen LogP contribution in [0.3, 0.4) is 0 Å². The van der Waals surface area contributed by atoms with E-state index in [2.05, 4.69) is 5.32 Å². The number of carbonyl (C=O) groups is 2. The number of hydrogen-bond donors (Lipinski definition) is 3. The van der Waals surface area contributed by atoms with Gasteiger partial charge in [0.2, 0.25) is 5.91 Å². The van der Waals surface area contributed by atoms with Crippen molar-refractivity contribution in [3.63, 3.8) is 0 Å². The van der Waals surface area contributed by atoms with Crippen LogP contribution >= 0.6 is 0 Å². The smallest absolute Gasteiger partial charge is 0.335 e. The van der Waals surface area contributed by atoms with E-state index in [1.807, 2.05) is 13.8 Å². The second-order valence-corrected chi connectivity index (χ2v) is 4.89. The molecule has 0 saturated heterocycles. The molecule has 4 N–H and O–H groups in total. The standard InChI is InChI=1S/C14H20N2O3/c1-9(2)12(15)7-13(17)16-8-10-3-5-11(6-4-10)14(18)19/h3-6,9,12H,7-8,15H2,1-2H3,(H,16,17)(H,18,19). The average Bonchev–Trinajstić information content (AvgIpc) is 2.36. The van der Waals surface area contributed by atoms with Crippen LogP contribution in [0, 0.1) is 5.92 Å². The Bertz CT molecular complexity index is 441. The number of carbonyl (C=O) groups excluding carboxylic acids is 1. The van der Waals surface area contributed by atoms with E-state index in [1.54, 1.807) is 12.1 Å². The Balaban J connectivity index is 2.44. The molecule has 1 unspecified atom stereocenters. The average molecular weight is 264 g/mol. The van der Waals surface area contributed by atoms with Crippen LogP contribution in [-0.2, 0) is 11.3 Å². The van der Waals surface area contributed by atoms with Crippen LogP contribution in [-0.4, -0.2) is 23.0 Å². The Morgan fingerprint density at radius 1 is 1.26 bits per heavy atom. The summed E-state index contributed by atoms with van der Waals surface area (Å²) >= 11 is 0. The third-order valence-corrected chi connectivity index (χ3v) is 2.97. The number of hydrogen-bond acceptors (Lipinski definition) is 3. The van der Waals surface area contributed by atoms with E-state index in [1.165, 1.54) is 12.1 Å². The van der Waals surface area contributed by atoms with Gasteiger partial charge in [-0.05, 0) is 23.6 Å². The van der Waals surface area contributed by atoms with Crippen molar-refractivity contribution in [1.82, 2.24) is 5.32 Å². The van der Waals surface area contributed by atoms with Crippen LogP contribution in [0.5, 0.6) is 0 Å². The van der Waals surface area contributed by atoms with Gasteiger partial charge in [0.05, 0.1) is 5.56 Å². The lowest BCUT2D eigenvalue weighted by atomic mass is 10.0. The molecule has 1 atom stereocenters. The fourth-order valence-electron chi connectivity index (χ4n) is 1.49. The molecule has 0 aromatic heterocycles. The van der Waals surface area contributed by atoms with E-state index in [-0.39, 0.29) is 23.4 Å². The third kappa shape index (κ3) is 5.09. The Kier molecular flexibility index (Phi) is 5.51. The summed E-state index contributed by atoms with van der Waals surface area (Å²) in [5.41, 5.74) is 6.90. The van der Waals surface area contributed by atoms with Gasteiger partial charge in [0, 0.05) is 19.0 Å². The number of benzene rings is 1. The van der Waals surface area contributed by atoms with Crippen LogP contribution in [0.1, 0.15) is 36.2 Å². The van der Waals surface area contributed by atoms with E-state index in [0.717, 1.165) is 5.56 Å². The van der Waals surface area contributed by atoms with Crippen LogP contribution in [0.25, 0.3) is 0 Å². The number of rotatable bonds is 6. The molecule has 19 heavy (non-hydrogen) atoms. The largest absolute Gasteiger partial charge is 0.478 e. The van der Waals surface area contributed by atoms with Gasteiger partial charge in [-0.25, -0.2) is 4.79 Å². The molecule has 0 bridgehead atoms. The van der Waals surface area contributed by atoms with E-state index >= 15 is 0 Å². The van der Waals surface area contributed by atoms with Gasteiger partial charge >= 0.3 is 5.97 Å². The van der Waals surface area contributed by atoms with Crippen LogP contribution in [0.4, 0.5) is 0 Å². The molecule has 5 heteroatoms. The van der Waals surface area contributed by atoms with Crippen LogP contribution in [0.2, 0.25) is 0 Å². The summed E-state index contributed by atoms with van der Waals surface area (Å²) in [4.78, 5) is 22.3. The van der Waals surface area contributed by atoms with Gasteiger partial charge in [-0.2, -0.15) is 0 Å². The number of nitrogens with one attached hydrogen (secondary N) is 1. The molecule has 0 aliphatic rings. The maximum atomic E-state index is 11.6. The molecule has 0 radical (unpaired) electrons. The van der Waals surface area contributed by atoms with Gasteiger partial charge in [0.25, 0.3) is 0 Å². The van der Waals surface area contributed by atoms with Crippen molar-refractivity contribution in [3.8, 4) is 0 Å². The number of nitrogens with two attached hydrogens (primary N) is 1. The van der Waals surface area contributed by atoms with Crippen LogP contribution < -0.4 is 11.1 Å². The SMILES string of the molecule is CC(C)C(N)CC(=O)NCc1ccc(C(=O)O)cc1. The number of carboxylic acid groups (broad SMARTS) is 1. The first kappa shape index (κ1) is 15.2. The molecule has 1 aromatic carbocycles. The maximum Gasteiger partial charge on any atom is 0.335 e. The highest BCUT2D eigenvalue weighted by Crippen LogP contribution is 2.05. The van der Waals surface area contributed by atoms with E-state index in [9.17, 15) is 9.59 Å². The fourth-order valence-corrected chi connectivity index (χ4v) is 1.49. The molecule has 0 spiro atoms. The summed E-state index contributed by atoms with van der Waals surface area (Å²) in [6.45, 7) is 4.33. The molecular formula is C14H20N2O3. The predicted octanol–water partition coefficient (Wildman–Crippen LogP) is 1.37. The highest BCUT2D eigenvalue weighted by atomic mass is 16.4. The first-order valence-corrected chi connectivity index (χ1v) is 6.24. The molecule has 0 saturated carbocycles. The van der Waals surface area contributed by atoms with Crippen molar-refractivity contribution >= 4 is 11.9 Å². The van der Waals surface area contributed by atoms with Crippen molar-refractivity contribution in [1.29, 1.82) is 0 Å². The van der Waals surface area contributed by atoms with Gasteiger partial charge in [0.15, 0.2) is 0 Å².